The third-order valence-corrected chi connectivity index (χ3v) is 3.07. The van der Waals surface area contributed by atoms with Crippen molar-refractivity contribution in [2.24, 2.45) is 5.73 Å². The van der Waals surface area contributed by atoms with Gasteiger partial charge in [-0.3, -0.25) is 9.59 Å². The van der Waals surface area contributed by atoms with Crippen molar-refractivity contribution in [1.29, 1.82) is 0 Å². The summed E-state index contributed by atoms with van der Waals surface area (Å²) in [6, 6.07) is 8.46. The Labute approximate surface area is 121 Å². The highest BCUT2D eigenvalue weighted by atomic mass is 19.1. The van der Waals surface area contributed by atoms with Crippen LogP contribution < -0.4 is 15.6 Å². The van der Waals surface area contributed by atoms with E-state index in [1.165, 1.54) is 22.9 Å². The lowest BCUT2D eigenvalue weighted by atomic mass is 10.2. The van der Waals surface area contributed by atoms with Crippen molar-refractivity contribution in [2.75, 3.05) is 5.32 Å². The molecule has 0 saturated heterocycles. The Morgan fingerprint density at radius 3 is 2.62 bits per heavy atom. The SMILES string of the molecule is C[C@@H](C(=O)Nc1ccccc1F)[n+]1cccc(C(N)=O)c1. The van der Waals surface area contributed by atoms with E-state index in [4.69, 9.17) is 5.73 Å². The molecule has 1 aromatic carbocycles. The van der Waals surface area contributed by atoms with Crippen LogP contribution >= 0.6 is 0 Å². The molecule has 1 heterocycles. The van der Waals surface area contributed by atoms with Crippen molar-refractivity contribution in [3.05, 3.63) is 60.2 Å². The third kappa shape index (κ3) is 3.42. The number of nitrogens with two attached hydrogens (primary N) is 1. The highest BCUT2D eigenvalue weighted by molar-refractivity contribution is 5.93. The topological polar surface area (TPSA) is 76.1 Å². The van der Waals surface area contributed by atoms with Crippen molar-refractivity contribution in [3.8, 4) is 0 Å². The summed E-state index contributed by atoms with van der Waals surface area (Å²) >= 11 is 0. The van der Waals surface area contributed by atoms with Gasteiger partial charge in [0, 0.05) is 13.0 Å². The van der Waals surface area contributed by atoms with Crippen LogP contribution in [0.1, 0.15) is 23.3 Å². The molecular weight excluding hydrogens is 273 g/mol. The van der Waals surface area contributed by atoms with Crippen LogP contribution in [0.4, 0.5) is 10.1 Å². The number of pyridine rings is 1. The second kappa shape index (κ2) is 6.13. The van der Waals surface area contributed by atoms with E-state index >= 15 is 0 Å². The Morgan fingerprint density at radius 1 is 1.24 bits per heavy atom. The van der Waals surface area contributed by atoms with Gasteiger partial charge in [0.25, 0.3) is 11.8 Å². The lowest BCUT2D eigenvalue weighted by molar-refractivity contribution is -0.705. The van der Waals surface area contributed by atoms with Gasteiger partial charge in [0.15, 0.2) is 12.4 Å². The van der Waals surface area contributed by atoms with Gasteiger partial charge in [0.2, 0.25) is 6.04 Å². The van der Waals surface area contributed by atoms with Crippen LogP contribution in [0.25, 0.3) is 0 Å². The fourth-order valence-electron chi connectivity index (χ4n) is 1.81. The summed E-state index contributed by atoms with van der Waals surface area (Å²) in [5, 5.41) is 2.51. The molecular formula is C15H15FN3O2+. The Hall–Kier alpha value is -2.76. The van der Waals surface area contributed by atoms with Crippen LogP contribution in [-0.4, -0.2) is 11.8 Å². The minimum Gasteiger partial charge on any atom is -0.365 e. The molecule has 0 spiro atoms. The van der Waals surface area contributed by atoms with Crippen LogP contribution in [0.15, 0.2) is 48.8 Å². The quantitative estimate of drug-likeness (QED) is 0.835. The normalized spacial score (nSPS) is 11.7. The number of hydrogen-bond donors (Lipinski definition) is 2. The number of primary amides is 1. The molecule has 0 bridgehead atoms. The highest BCUT2D eigenvalue weighted by Crippen LogP contribution is 2.13. The minimum atomic E-state index is -0.621. The van der Waals surface area contributed by atoms with Crippen molar-refractivity contribution in [2.45, 2.75) is 13.0 Å². The lowest BCUT2D eigenvalue weighted by Crippen LogP contribution is -2.44. The molecule has 0 unspecified atom stereocenters. The van der Waals surface area contributed by atoms with Gasteiger partial charge in [-0.05, 0) is 18.2 Å². The van der Waals surface area contributed by atoms with Gasteiger partial charge in [0.1, 0.15) is 11.4 Å². The maximum absolute atomic E-state index is 13.5. The minimum absolute atomic E-state index is 0.112. The maximum atomic E-state index is 13.5. The smallest absolute Gasteiger partial charge is 0.293 e. The number of carbonyl (C=O) groups is 2. The number of hydrogen-bond acceptors (Lipinski definition) is 2. The number of carbonyl (C=O) groups excluding carboxylic acids is 2. The second-order valence-electron chi connectivity index (χ2n) is 4.55. The van der Waals surface area contributed by atoms with Gasteiger partial charge in [-0.2, -0.15) is 4.57 Å². The van der Waals surface area contributed by atoms with E-state index in [2.05, 4.69) is 5.32 Å². The molecule has 0 aliphatic rings. The third-order valence-electron chi connectivity index (χ3n) is 3.07. The number of benzene rings is 1. The van der Waals surface area contributed by atoms with Crippen LogP contribution in [0.5, 0.6) is 0 Å². The van der Waals surface area contributed by atoms with Gasteiger partial charge in [-0.25, -0.2) is 4.39 Å². The summed E-state index contributed by atoms with van der Waals surface area (Å²) < 4.78 is 15.0. The van der Waals surface area contributed by atoms with E-state index in [1.807, 2.05) is 0 Å². The van der Waals surface area contributed by atoms with Crippen molar-refractivity contribution < 1.29 is 18.5 Å². The molecule has 0 saturated carbocycles. The Bertz CT molecular complexity index is 688. The van der Waals surface area contributed by atoms with Crippen molar-refractivity contribution in [1.82, 2.24) is 0 Å². The van der Waals surface area contributed by atoms with Crippen LogP contribution in [0.2, 0.25) is 0 Å². The Morgan fingerprint density at radius 2 is 1.95 bits per heavy atom. The summed E-state index contributed by atoms with van der Waals surface area (Å²) in [6.45, 7) is 1.64. The summed E-state index contributed by atoms with van der Waals surface area (Å²) in [4.78, 5) is 23.3. The summed E-state index contributed by atoms with van der Waals surface area (Å²) in [5.41, 5.74) is 5.61. The predicted octanol–water partition coefficient (Wildman–Crippen LogP) is 1.41. The average molecular weight is 288 g/mol. The van der Waals surface area contributed by atoms with E-state index in [1.54, 1.807) is 37.4 Å². The number of anilines is 1. The first-order valence-electron chi connectivity index (χ1n) is 6.35. The fourth-order valence-corrected chi connectivity index (χ4v) is 1.81. The van der Waals surface area contributed by atoms with E-state index in [0.717, 1.165) is 0 Å². The molecule has 0 aliphatic heterocycles. The number of aromatic nitrogens is 1. The van der Waals surface area contributed by atoms with E-state index in [-0.39, 0.29) is 5.69 Å². The molecule has 3 N–H and O–H groups in total. The molecule has 0 radical (unpaired) electrons. The van der Waals surface area contributed by atoms with Crippen LogP contribution in [-0.2, 0) is 4.79 Å². The number of amides is 2. The molecule has 5 nitrogen and oxygen atoms in total. The van der Waals surface area contributed by atoms with E-state index in [0.29, 0.717) is 5.56 Å². The number of nitrogens with zero attached hydrogens (tertiary/aromatic N) is 1. The zero-order valence-electron chi connectivity index (χ0n) is 11.4. The Balaban J connectivity index is 2.18. The first-order chi connectivity index (χ1) is 9.99. The summed E-state index contributed by atoms with van der Waals surface area (Å²) in [7, 11) is 0. The number of halogens is 1. The predicted molar refractivity (Wildman–Crippen MR) is 74.9 cm³/mol. The zero-order valence-corrected chi connectivity index (χ0v) is 11.4. The number of para-hydroxylation sites is 1. The molecule has 0 fully saturated rings. The largest absolute Gasteiger partial charge is 0.365 e. The maximum Gasteiger partial charge on any atom is 0.293 e. The van der Waals surface area contributed by atoms with Crippen LogP contribution in [0.3, 0.4) is 0 Å². The molecule has 2 aromatic rings. The molecule has 2 rings (SSSR count). The fraction of sp³-hybridized carbons (Fsp3) is 0.133. The van der Waals surface area contributed by atoms with Crippen LogP contribution in [0, 0.1) is 5.82 Å². The molecule has 1 atom stereocenters. The lowest BCUT2D eigenvalue weighted by Gasteiger charge is -2.09. The standard InChI is InChI=1S/C15H14FN3O2/c1-10(19-8-4-5-11(9-19)14(17)20)15(21)18-13-7-3-2-6-12(13)16/h2-10H,1H3,(H2-,17,18,20,21)/p+1/t10-/m0/s1. The second-order valence-corrected chi connectivity index (χ2v) is 4.55. The number of nitrogens with one attached hydrogen (secondary N) is 1. The molecule has 0 aliphatic carbocycles. The summed E-state index contributed by atoms with van der Waals surface area (Å²) in [5.74, 6) is -1.48. The molecule has 21 heavy (non-hydrogen) atoms. The number of rotatable bonds is 4. The molecule has 6 heteroatoms. The van der Waals surface area contributed by atoms with Crippen molar-refractivity contribution in [3.63, 3.8) is 0 Å². The first kappa shape index (κ1) is 14.6. The van der Waals surface area contributed by atoms with Gasteiger partial charge in [-0.15, -0.1) is 0 Å². The van der Waals surface area contributed by atoms with Gasteiger partial charge >= 0.3 is 0 Å². The summed E-state index contributed by atoms with van der Waals surface area (Å²) in [6.07, 6.45) is 3.12. The van der Waals surface area contributed by atoms with Gasteiger partial charge in [0.05, 0.1) is 5.69 Å². The highest BCUT2D eigenvalue weighted by Gasteiger charge is 2.23. The van der Waals surface area contributed by atoms with Gasteiger partial charge in [-0.1, -0.05) is 12.1 Å². The van der Waals surface area contributed by atoms with E-state index < -0.39 is 23.7 Å². The molecule has 2 amide bonds. The molecule has 1 aromatic heterocycles. The first-order valence-corrected chi connectivity index (χ1v) is 6.35. The Kier molecular flexibility index (Phi) is 4.27. The average Bonchev–Trinajstić information content (AvgIpc) is 2.49. The monoisotopic (exact) mass is 288 g/mol. The molecule has 108 valence electrons. The van der Waals surface area contributed by atoms with E-state index in [9.17, 15) is 14.0 Å². The zero-order chi connectivity index (χ0) is 15.4. The van der Waals surface area contributed by atoms with Crippen molar-refractivity contribution >= 4 is 17.5 Å². The van der Waals surface area contributed by atoms with Gasteiger partial charge < -0.3 is 11.1 Å².